The number of nitro groups is 1. The van der Waals surface area contributed by atoms with Gasteiger partial charge >= 0.3 is 5.69 Å². The molecule has 9 heteroatoms. The summed E-state index contributed by atoms with van der Waals surface area (Å²) in [6.07, 6.45) is 1.16. The fourth-order valence-electron chi connectivity index (χ4n) is 1.63. The lowest BCUT2D eigenvalue weighted by Crippen LogP contribution is -2.08. The van der Waals surface area contributed by atoms with Crippen LogP contribution in [0.4, 0.5) is 17.3 Å². The molecule has 0 saturated heterocycles. The predicted molar refractivity (Wildman–Crippen MR) is 66.4 cm³/mol. The van der Waals surface area contributed by atoms with E-state index in [2.05, 4.69) is 20.4 Å². The summed E-state index contributed by atoms with van der Waals surface area (Å²) in [6.45, 7) is 3.86. The van der Waals surface area contributed by atoms with Crippen LogP contribution in [0.1, 0.15) is 17.0 Å². The number of hydrogen-bond acceptors (Lipinski definition) is 8. The first kappa shape index (κ1) is 12.7. The highest BCUT2D eigenvalue weighted by Gasteiger charge is 2.21. The molecule has 2 heterocycles. The molecule has 0 aromatic carbocycles. The Morgan fingerprint density at radius 2 is 2.21 bits per heavy atom. The third-order valence-corrected chi connectivity index (χ3v) is 2.65. The van der Waals surface area contributed by atoms with Crippen LogP contribution in [0.5, 0.6) is 0 Å². The van der Waals surface area contributed by atoms with Crippen molar-refractivity contribution in [3.05, 3.63) is 33.5 Å². The molecule has 0 aliphatic heterocycles. The first-order valence-electron chi connectivity index (χ1n) is 5.41. The van der Waals surface area contributed by atoms with E-state index in [9.17, 15) is 10.1 Å². The van der Waals surface area contributed by atoms with Gasteiger partial charge in [-0.2, -0.15) is 0 Å². The smallest absolute Gasteiger partial charge is 0.352 e. The minimum Gasteiger partial charge on any atom is -0.378 e. The molecule has 3 N–H and O–H groups in total. The maximum atomic E-state index is 10.9. The van der Waals surface area contributed by atoms with Gasteiger partial charge in [0.05, 0.1) is 10.6 Å². The maximum absolute atomic E-state index is 10.9. The summed E-state index contributed by atoms with van der Waals surface area (Å²) in [5, 5.41) is 17.6. The van der Waals surface area contributed by atoms with Crippen LogP contribution in [-0.4, -0.2) is 20.0 Å². The average molecular weight is 264 g/mol. The second-order valence-electron chi connectivity index (χ2n) is 3.87. The van der Waals surface area contributed by atoms with Gasteiger partial charge in [0.1, 0.15) is 12.1 Å². The molecule has 0 amide bonds. The highest BCUT2D eigenvalue weighted by molar-refractivity contribution is 5.67. The summed E-state index contributed by atoms with van der Waals surface area (Å²) < 4.78 is 5.00. The van der Waals surface area contributed by atoms with E-state index < -0.39 is 4.92 Å². The van der Waals surface area contributed by atoms with Crippen LogP contribution in [0, 0.1) is 24.0 Å². The fourth-order valence-corrected chi connectivity index (χ4v) is 1.63. The van der Waals surface area contributed by atoms with Crippen molar-refractivity contribution in [1.29, 1.82) is 0 Å². The van der Waals surface area contributed by atoms with Crippen molar-refractivity contribution in [2.75, 3.05) is 11.1 Å². The Hall–Kier alpha value is -2.71. The Labute approximate surface area is 108 Å². The minimum atomic E-state index is -0.620. The third kappa shape index (κ3) is 2.44. The summed E-state index contributed by atoms with van der Waals surface area (Å²) in [6, 6.07) is 0. The van der Waals surface area contributed by atoms with Gasteiger partial charge in [-0.15, -0.1) is 0 Å². The van der Waals surface area contributed by atoms with Crippen LogP contribution in [-0.2, 0) is 6.54 Å². The number of anilines is 2. The van der Waals surface area contributed by atoms with E-state index in [-0.39, 0.29) is 17.3 Å². The molecule has 2 aromatic rings. The highest BCUT2D eigenvalue weighted by Crippen LogP contribution is 2.27. The lowest BCUT2D eigenvalue weighted by atomic mass is 10.2. The molecule has 0 bridgehead atoms. The summed E-state index contributed by atoms with van der Waals surface area (Å²) in [5.74, 6) is 0.536. The number of aromatic nitrogens is 3. The summed E-state index contributed by atoms with van der Waals surface area (Å²) >= 11 is 0. The van der Waals surface area contributed by atoms with Crippen LogP contribution in [0.15, 0.2) is 10.9 Å². The Morgan fingerprint density at radius 1 is 1.47 bits per heavy atom. The zero-order valence-electron chi connectivity index (χ0n) is 10.4. The standard InChI is InChI=1S/C10H12N6O3/c1-5-7(6(2)19-15-5)3-12-10-8(16(17)18)9(11)13-4-14-10/h4H,3H2,1-2H3,(H3,11,12,13,14). The van der Waals surface area contributed by atoms with Crippen molar-refractivity contribution in [3.63, 3.8) is 0 Å². The van der Waals surface area contributed by atoms with Crippen molar-refractivity contribution < 1.29 is 9.45 Å². The number of rotatable bonds is 4. The number of aryl methyl sites for hydroxylation is 2. The molecular formula is C10H12N6O3. The zero-order valence-corrected chi connectivity index (χ0v) is 10.4. The third-order valence-electron chi connectivity index (χ3n) is 2.65. The number of nitrogens with two attached hydrogens (primary N) is 1. The van der Waals surface area contributed by atoms with Gasteiger partial charge in [0.2, 0.25) is 11.6 Å². The molecule has 2 aromatic heterocycles. The zero-order chi connectivity index (χ0) is 14.0. The van der Waals surface area contributed by atoms with E-state index >= 15 is 0 Å². The largest absolute Gasteiger partial charge is 0.378 e. The predicted octanol–water partition coefficient (Wildman–Crippen LogP) is 1.18. The average Bonchev–Trinajstić information content (AvgIpc) is 2.66. The molecule has 0 radical (unpaired) electrons. The Balaban J connectivity index is 2.25. The SMILES string of the molecule is Cc1noc(C)c1CNc1ncnc(N)c1[N+](=O)[O-]. The second kappa shape index (κ2) is 4.88. The topological polar surface area (TPSA) is 133 Å². The fraction of sp³-hybridized carbons (Fsp3) is 0.300. The molecule has 0 aliphatic rings. The van der Waals surface area contributed by atoms with E-state index in [1.165, 1.54) is 0 Å². The Morgan fingerprint density at radius 3 is 2.79 bits per heavy atom. The van der Waals surface area contributed by atoms with Crippen molar-refractivity contribution in [3.8, 4) is 0 Å². The molecule has 0 fully saturated rings. The van der Waals surface area contributed by atoms with Crippen molar-refractivity contribution in [2.24, 2.45) is 0 Å². The van der Waals surface area contributed by atoms with Gasteiger partial charge in [-0.3, -0.25) is 10.1 Å². The van der Waals surface area contributed by atoms with Gasteiger partial charge in [-0.1, -0.05) is 5.16 Å². The minimum absolute atomic E-state index is 0.0671. The Bertz CT molecular complexity index is 604. The van der Waals surface area contributed by atoms with Gasteiger partial charge in [0.15, 0.2) is 0 Å². The van der Waals surface area contributed by atoms with Gasteiger partial charge in [-0.25, -0.2) is 9.97 Å². The molecule has 19 heavy (non-hydrogen) atoms. The number of nitrogens with one attached hydrogen (secondary N) is 1. The molecule has 9 nitrogen and oxygen atoms in total. The molecule has 0 aliphatic carbocycles. The summed E-state index contributed by atoms with van der Waals surface area (Å²) in [4.78, 5) is 17.7. The molecule has 0 spiro atoms. The lowest BCUT2D eigenvalue weighted by Gasteiger charge is -2.06. The molecule has 2 rings (SSSR count). The lowest BCUT2D eigenvalue weighted by molar-refractivity contribution is -0.383. The van der Waals surface area contributed by atoms with Gasteiger partial charge < -0.3 is 15.6 Å². The van der Waals surface area contributed by atoms with Crippen molar-refractivity contribution >= 4 is 17.3 Å². The first-order valence-corrected chi connectivity index (χ1v) is 5.41. The summed E-state index contributed by atoms with van der Waals surface area (Å²) in [7, 11) is 0. The van der Waals surface area contributed by atoms with Gasteiger partial charge in [-0.05, 0) is 13.8 Å². The maximum Gasteiger partial charge on any atom is 0.352 e. The molecule has 100 valence electrons. The van der Waals surface area contributed by atoms with Crippen LogP contribution in [0.25, 0.3) is 0 Å². The van der Waals surface area contributed by atoms with E-state index in [0.29, 0.717) is 12.3 Å². The van der Waals surface area contributed by atoms with E-state index in [4.69, 9.17) is 10.3 Å². The van der Waals surface area contributed by atoms with Crippen LogP contribution in [0.3, 0.4) is 0 Å². The molecule has 0 atom stereocenters. The normalized spacial score (nSPS) is 10.4. The molecule has 0 saturated carbocycles. The molecule has 0 unspecified atom stereocenters. The van der Waals surface area contributed by atoms with Crippen LogP contribution < -0.4 is 11.1 Å². The number of nitrogens with zero attached hydrogens (tertiary/aromatic N) is 4. The first-order chi connectivity index (χ1) is 9.00. The van der Waals surface area contributed by atoms with E-state index in [1.807, 2.05) is 0 Å². The van der Waals surface area contributed by atoms with Gasteiger partial charge in [0.25, 0.3) is 0 Å². The monoisotopic (exact) mass is 264 g/mol. The Kier molecular flexibility index (Phi) is 3.27. The number of hydrogen-bond donors (Lipinski definition) is 2. The van der Waals surface area contributed by atoms with Crippen LogP contribution in [0.2, 0.25) is 0 Å². The van der Waals surface area contributed by atoms with Gasteiger partial charge in [0, 0.05) is 12.1 Å². The number of nitrogen functional groups attached to an aromatic ring is 1. The van der Waals surface area contributed by atoms with E-state index in [1.54, 1.807) is 13.8 Å². The van der Waals surface area contributed by atoms with Crippen LogP contribution >= 0.6 is 0 Å². The highest BCUT2D eigenvalue weighted by atomic mass is 16.6. The summed E-state index contributed by atoms with van der Waals surface area (Å²) in [5.41, 5.74) is 6.67. The van der Waals surface area contributed by atoms with E-state index in [0.717, 1.165) is 17.6 Å². The second-order valence-corrected chi connectivity index (χ2v) is 3.87. The quantitative estimate of drug-likeness (QED) is 0.621. The van der Waals surface area contributed by atoms with Crippen molar-refractivity contribution in [2.45, 2.75) is 20.4 Å². The van der Waals surface area contributed by atoms with Crippen molar-refractivity contribution in [1.82, 2.24) is 15.1 Å². The molecular weight excluding hydrogens is 252 g/mol.